The van der Waals surface area contributed by atoms with E-state index in [4.69, 9.17) is 9.47 Å². The third-order valence-electron chi connectivity index (χ3n) is 2.72. The molecule has 23 heavy (non-hydrogen) atoms. The Bertz CT molecular complexity index is 531. The normalized spacial score (nSPS) is 12.6. The Balaban J connectivity index is 2.69. The van der Waals surface area contributed by atoms with Gasteiger partial charge in [-0.05, 0) is 52.3 Å². The van der Waals surface area contributed by atoms with Crippen LogP contribution in [0.2, 0.25) is 0 Å². The first-order valence-corrected chi connectivity index (χ1v) is 7.55. The van der Waals surface area contributed by atoms with Crippen molar-refractivity contribution in [2.75, 3.05) is 0 Å². The lowest BCUT2D eigenvalue weighted by Crippen LogP contribution is -2.44. The molecule has 128 valence electrons. The van der Waals surface area contributed by atoms with Crippen LogP contribution in [0.3, 0.4) is 0 Å². The van der Waals surface area contributed by atoms with Crippen molar-refractivity contribution in [3.8, 4) is 5.75 Å². The summed E-state index contributed by atoms with van der Waals surface area (Å²) in [5, 5.41) is 11.6. The second kappa shape index (κ2) is 7.85. The number of hydrogen-bond donors (Lipinski definition) is 2. The fourth-order valence-corrected chi connectivity index (χ4v) is 1.86. The van der Waals surface area contributed by atoms with Crippen molar-refractivity contribution < 1.29 is 24.2 Å². The van der Waals surface area contributed by atoms with E-state index in [1.165, 1.54) is 0 Å². The lowest BCUT2D eigenvalue weighted by Gasteiger charge is -2.22. The molecular weight excluding hydrogens is 298 g/mol. The predicted molar refractivity (Wildman–Crippen MR) is 86.7 cm³/mol. The number of aliphatic carboxylic acids is 1. The Morgan fingerprint density at radius 1 is 1.17 bits per heavy atom. The van der Waals surface area contributed by atoms with E-state index in [2.05, 4.69) is 5.32 Å². The Hall–Kier alpha value is -2.24. The van der Waals surface area contributed by atoms with E-state index in [1.54, 1.807) is 45.0 Å². The van der Waals surface area contributed by atoms with E-state index in [-0.39, 0.29) is 12.5 Å². The number of ether oxygens (including phenoxy) is 2. The summed E-state index contributed by atoms with van der Waals surface area (Å²) in [7, 11) is 0. The third-order valence-corrected chi connectivity index (χ3v) is 2.72. The minimum Gasteiger partial charge on any atom is -0.491 e. The number of benzene rings is 1. The highest BCUT2D eigenvalue weighted by Crippen LogP contribution is 2.15. The van der Waals surface area contributed by atoms with E-state index in [0.29, 0.717) is 0 Å². The van der Waals surface area contributed by atoms with Crippen LogP contribution >= 0.6 is 0 Å². The van der Waals surface area contributed by atoms with Gasteiger partial charge in [-0.25, -0.2) is 9.59 Å². The minimum atomic E-state index is -1.11. The van der Waals surface area contributed by atoms with Gasteiger partial charge >= 0.3 is 12.1 Å². The van der Waals surface area contributed by atoms with Gasteiger partial charge in [-0.1, -0.05) is 12.1 Å². The molecule has 0 aromatic heterocycles. The zero-order chi connectivity index (χ0) is 17.6. The van der Waals surface area contributed by atoms with E-state index >= 15 is 0 Å². The molecule has 1 rings (SSSR count). The molecule has 0 saturated heterocycles. The molecule has 1 aromatic rings. The van der Waals surface area contributed by atoms with Crippen molar-refractivity contribution in [1.82, 2.24) is 5.32 Å². The van der Waals surface area contributed by atoms with Gasteiger partial charge in [-0.15, -0.1) is 0 Å². The number of hydrogen-bond acceptors (Lipinski definition) is 4. The largest absolute Gasteiger partial charge is 0.491 e. The summed E-state index contributed by atoms with van der Waals surface area (Å²) in [6, 6.07) is 6.07. The van der Waals surface area contributed by atoms with Gasteiger partial charge in [-0.3, -0.25) is 0 Å². The maximum absolute atomic E-state index is 11.7. The van der Waals surface area contributed by atoms with Gasteiger partial charge in [0.1, 0.15) is 17.4 Å². The van der Waals surface area contributed by atoms with E-state index in [9.17, 15) is 14.7 Å². The summed E-state index contributed by atoms with van der Waals surface area (Å²) >= 11 is 0. The first-order valence-electron chi connectivity index (χ1n) is 7.55. The molecule has 1 amide bonds. The molecule has 1 atom stereocenters. The smallest absolute Gasteiger partial charge is 0.408 e. The van der Waals surface area contributed by atoms with Crippen molar-refractivity contribution in [1.29, 1.82) is 0 Å². The monoisotopic (exact) mass is 323 g/mol. The lowest BCUT2D eigenvalue weighted by molar-refractivity contribution is -0.139. The molecule has 1 aromatic carbocycles. The van der Waals surface area contributed by atoms with Gasteiger partial charge in [0, 0.05) is 6.42 Å². The maximum Gasteiger partial charge on any atom is 0.408 e. The van der Waals surface area contributed by atoms with Gasteiger partial charge in [0.25, 0.3) is 0 Å². The molecule has 0 aliphatic carbocycles. The molecule has 0 aliphatic heterocycles. The summed E-state index contributed by atoms with van der Waals surface area (Å²) < 4.78 is 10.6. The molecule has 0 aliphatic rings. The SMILES string of the molecule is CC(C)Oc1ccc(C[C@@H](NC(=O)OC(C)(C)C)C(=O)O)cc1. The van der Waals surface area contributed by atoms with Crippen LogP contribution in [-0.2, 0) is 16.0 Å². The van der Waals surface area contributed by atoms with Crippen LogP contribution in [0.4, 0.5) is 4.79 Å². The predicted octanol–water partition coefficient (Wildman–Crippen LogP) is 2.99. The van der Waals surface area contributed by atoms with E-state index in [0.717, 1.165) is 11.3 Å². The van der Waals surface area contributed by atoms with Crippen molar-refractivity contribution >= 4 is 12.1 Å². The van der Waals surface area contributed by atoms with Crippen molar-refractivity contribution in [2.45, 2.75) is 58.8 Å². The van der Waals surface area contributed by atoms with Gasteiger partial charge < -0.3 is 19.9 Å². The van der Waals surface area contributed by atoms with Gasteiger partial charge in [-0.2, -0.15) is 0 Å². The number of carboxylic acids is 1. The standard InChI is InChI=1S/C17H25NO5/c1-11(2)22-13-8-6-12(7-9-13)10-14(15(19)20)18-16(21)23-17(3,4)5/h6-9,11,14H,10H2,1-5H3,(H,18,21)(H,19,20)/t14-/m1/s1. The molecular formula is C17H25NO5. The summed E-state index contributed by atoms with van der Waals surface area (Å²) in [6.07, 6.45) is -0.512. The number of alkyl carbamates (subject to hydrolysis) is 1. The molecule has 0 saturated carbocycles. The zero-order valence-corrected chi connectivity index (χ0v) is 14.3. The van der Waals surface area contributed by atoms with Gasteiger partial charge in [0.05, 0.1) is 6.10 Å². The first-order chi connectivity index (χ1) is 10.6. The third kappa shape index (κ3) is 7.54. The van der Waals surface area contributed by atoms with Crippen LogP contribution < -0.4 is 10.1 Å². The molecule has 0 fully saturated rings. The zero-order valence-electron chi connectivity index (χ0n) is 14.3. The number of nitrogens with one attached hydrogen (secondary N) is 1. The number of rotatable bonds is 6. The topological polar surface area (TPSA) is 84.9 Å². The minimum absolute atomic E-state index is 0.0708. The Labute approximate surface area is 136 Å². The van der Waals surface area contributed by atoms with Crippen LogP contribution in [0.25, 0.3) is 0 Å². The average Bonchev–Trinajstić information content (AvgIpc) is 2.37. The molecule has 2 N–H and O–H groups in total. The quantitative estimate of drug-likeness (QED) is 0.840. The second-order valence-corrected chi connectivity index (χ2v) is 6.55. The average molecular weight is 323 g/mol. The van der Waals surface area contributed by atoms with Crippen LogP contribution in [0.1, 0.15) is 40.2 Å². The van der Waals surface area contributed by atoms with Gasteiger partial charge in [0.15, 0.2) is 0 Å². The number of carbonyl (C=O) groups is 2. The van der Waals surface area contributed by atoms with Crippen LogP contribution in [0, 0.1) is 0 Å². The Morgan fingerprint density at radius 3 is 2.17 bits per heavy atom. The van der Waals surface area contributed by atoms with Crippen molar-refractivity contribution in [3.63, 3.8) is 0 Å². The highest BCUT2D eigenvalue weighted by atomic mass is 16.6. The highest BCUT2D eigenvalue weighted by Gasteiger charge is 2.24. The van der Waals surface area contributed by atoms with Crippen LogP contribution in [-0.4, -0.2) is 34.9 Å². The lowest BCUT2D eigenvalue weighted by atomic mass is 10.1. The summed E-state index contributed by atoms with van der Waals surface area (Å²) in [4.78, 5) is 23.0. The summed E-state index contributed by atoms with van der Waals surface area (Å²) in [6.45, 7) is 9.01. The fourth-order valence-electron chi connectivity index (χ4n) is 1.86. The molecule has 6 heteroatoms. The Kier molecular flexibility index (Phi) is 6.42. The second-order valence-electron chi connectivity index (χ2n) is 6.55. The van der Waals surface area contributed by atoms with Crippen LogP contribution in [0.5, 0.6) is 5.75 Å². The molecule has 0 bridgehead atoms. The number of amides is 1. The maximum atomic E-state index is 11.7. The number of carboxylic acid groups (broad SMARTS) is 1. The van der Waals surface area contributed by atoms with Crippen LogP contribution in [0.15, 0.2) is 24.3 Å². The molecule has 0 unspecified atom stereocenters. The van der Waals surface area contributed by atoms with Gasteiger partial charge in [0.2, 0.25) is 0 Å². The van der Waals surface area contributed by atoms with Crippen molar-refractivity contribution in [3.05, 3.63) is 29.8 Å². The molecule has 6 nitrogen and oxygen atoms in total. The molecule has 0 spiro atoms. The molecule has 0 radical (unpaired) electrons. The summed E-state index contributed by atoms with van der Waals surface area (Å²) in [5.74, 6) is -0.394. The van der Waals surface area contributed by atoms with Crippen molar-refractivity contribution in [2.24, 2.45) is 0 Å². The van der Waals surface area contributed by atoms with E-state index < -0.39 is 23.7 Å². The first kappa shape index (κ1) is 18.8. The highest BCUT2D eigenvalue weighted by molar-refractivity contribution is 5.80. The molecule has 0 heterocycles. The fraction of sp³-hybridized carbons (Fsp3) is 0.529. The summed E-state index contributed by atoms with van der Waals surface area (Å²) in [5.41, 5.74) is 0.104. The Morgan fingerprint density at radius 2 is 1.74 bits per heavy atom. The van der Waals surface area contributed by atoms with E-state index in [1.807, 2.05) is 13.8 Å². The number of carbonyl (C=O) groups excluding carboxylic acids is 1.